The maximum absolute atomic E-state index is 5.43. The minimum Gasteiger partial charge on any atom is -0.491 e. The normalized spacial score (nSPS) is 9.79. The second-order valence-electron chi connectivity index (χ2n) is 2.58. The standard InChI is InChI=1S/C9H12N2O2S/c1-12-4-5-13-7-2-3-11-8(6-7)9(10)14/h2-3,6H,4-5H2,1H3,(H2,10,14). The van der Waals surface area contributed by atoms with Crippen molar-refractivity contribution in [1.82, 2.24) is 4.98 Å². The molecule has 4 nitrogen and oxygen atoms in total. The lowest BCUT2D eigenvalue weighted by Crippen LogP contribution is -2.12. The van der Waals surface area contributed by atoms with E-state index in [1.54, 1.807) is 25.4 Å². The minimum absolute atomic E-state index is 0.266. The molecule has 14 heavy (non-hydrogen) atoms. The van der Waals surface area contributed by atoms with Crippen LogP contribution in [-0.4, -0.2) is 30.3 Å². The highest BCUT2D eigenvalue weighted by molar-refractivity contribution is 7.80. The third-order valence-electron chi connectivity index (χ3n) is 1.54. The Hall–Kier alpha value is -1.20. The molecule has 0 atom stereocenters. The number of hydrogen-bond donors (Lipinski definition) is 1. The van der Waals surface area contributed by atoms with Crippen molar-refractivity contribution >= 4 is 17.2 Å². The average molecular weight is 212 g/mol. The van der Waals surface area contributed by atoms with E-state index in [9.17, 15) is 0 Å². The number of thiocarbonyl (C=S) groups is 1. The van der Waals surface area contributed by atoms with Crippen molar-refractivity contribution in [3.63, 3.8) is 0 Å². The monoisotopic (exact) mass is 212 g/mol. The fourth-order valence-electron chi connectivity index (χ4n) is 0.879. The Labute approximate surface area is 88.0 Å². The molecule has 0 unspecified atom stereocenters. The van der Waals surface area contributed by atoms with Gasteiger partial charge >= 0.3 is 0 Å². The molecule has 0 aromatic carbocycles. The van der Waals surface area contributed by atoms with Crippen LogP contribution in [0.5, 0.6) is 5.75 Å². The maximum Gasteiger partial charge on any atom is 0.123 e. The number of hydrogen-bond acceptors (Lipinski definition) is 4. The van der Waals surface area contributed by atoms with E-state index in [2.05, 4.69) is 4.98 Å². The smallest absolute Gasteiger partial charge is 0.123 e. The number of rotatable bonds is 5. The second kappa shape index (κ2) is 5.51. The van der Waals surface area contributed by atoms with Gasteiger partial charge in [-0.1, -0.05) is 12.2 Å². The van der Waals surface area contributed by atoms with E-state index in [0.29, 0.717) is 24.7 Å². The Morgan fingerprint density at radius 2 is 2.36 bits per heavy atom. The Balaban J connectivity index is 2.59. The van der Waals surface area contributed by atoms with Crippen LogP contribution in [0.15, 0.2) is 18.3 Å². The zero-order valence-electron chi connectivity index (χ0n) is 7.90. The van der Waals surface area contributed by atoms with E-state index >= 15 is 0 Å². The zero-order valence-corrected chi connectivity index (χ0v) is 8.71. The summed E-state index contributed by atoms with van der Waals surface area (Å²) in [5.41, 5.74) is 5.99. The molecule has 0 bridgehead atoms. The molecule has 0 fully saturated rings. The van der Waals surface area contributed by atoms with Crippen molar-refractivity contribution in [3.05, 3.63) is 24.0 Å². The van der Waals surface area contributed by atoms with E-state index in [-0.39, 0.29) is 4.99 Å². The van der Waals surface area contributed by atoms with Crippen LogP contribution < -0.4 is 10.5 Å². The minimum atomic E-state index is 0.266. The first-order valence-electron chi connectivity index (χ1n) is 4.11. The second-order valence-corrected chi connectivity index (χ2v) is 3.02. The van der Waals surface area contributed by atoms with Crippen LogP contribution in [-0.2, 0) is 4.74 Å². The lowest BCUT2D eigenvalue weighted by molar-refractivity contribution is 0.146. The van der Waals surface area contributed by atoms with Gasteiger partial charge in [-0.15, -0.1) is 0 Å². The van der Waals surface area contributed by atoms with Crippen LogP contribution in [0.25, 0.3) is 0 Å². The molecule has 0 amide bonds. The van der Waals surface area contributed by atoms with E-state index < -0.39 is 0 Å². The molecule has 0 aliphatic rings. The molecule has 0 aliphatic heterocycles. The molecule has 0 aliphatic carbocycles. The molecule has 1 aromatic rings. The Bertz CT molecular complexity index is 317. The number of nitrogens with two attached hydrogens (primary N) is 1. The average Bonchev–Trinajstić information content (AvgIpc) is 2.19. The highest BCUT2D eigenvalue weighted by Crippen LogP contribution is 2.10. The SMILES string of the molecule is COCCOc1ccnc(C(N)=S)c1. The topological polar surface area (TPSA) is 57.4 Å². The van der Waals surface area contributed by atoms with E-state index in [4.69, 9.17) is 27.4 Å². The third kappa shape index (κ3) is 3.27. The summed E-state index contributed by atoms with van der Waals surface area (Å²) in [6.07, 6.45) is 1.61. The van der Waals surface area contributed by atoms with Crippen LogP contribution >= 0.6 is 12.2 Å². The number of nitrogens with zero attached hydrogens (tertiary/aromatic N) is 1. The fourth-order valence-corrected chi connectivity index (χ4v) is 0.990. The summed E-state index contributed by atoms with van der Waals surface area (Å²) in [6.45, 7) is 1.04. The predicted octanol–water partition coefficient (Wildman–Crippen LogP) is 0.741. The Morgan fingerprint density at radius 1 is 1.57 bits per heavy atom. The van der Waals surface area contributed by atoms with Gasteiger partial charge in [-0.25, -0.2) is 0 Å². The van der Waals surface area contributed by atoms with Crippen molar-refractivity contribution in [3.8, 4) is 5.75 Å². The molecule has 0 radical (unpaired) electrons. The van der Waals surface area contributed by atoms with Crippen molar-refractivity contribution in [2.24, 2.45) is 5.73 Å². The van der Waals surface area contributed by atoms with Crippen LogP contribution in [0.1, 0.15) is 5.69 Å². The summed E-state index contributed by atoms with van der Waals surface area (Å²) < 4.78 is 10.2. The molecule has 76 valence electrons. The third-order valence-corrected chi connectivity index (χ3v) is 1.75. The fraction of sp³-hybridized carbons (Fsp3) is 0.333. The van der Waals surface area contributed by atoms with Crippen molar-refractivity contribution in [2.45, 2.75) is 0 Å². The summed E-state index contributed by atoms with van der Waals surface area (Å²) in [6, 6.07) is 3.45. The Kier molecular flexibility index (Phi) is 4.28. The highest BCUT2D eigenvalue weighted by atomic mass is 32.1. The van der Waals surface area contributed by atoms with Crippen molar-refractivity contribution < 1.29 is 9.47 Å². The quantitative estimate of drug-likeness (QED) is 0.576. The molecular weight excluding hydrogens is 200 g/mol. The summed E-state index contributed by atoms with van der Waals surface area (Å²) in [7, 11) is 1.62. The lowest BCUT2D eigenvalue weighted by atomic mass is 10.3. The van der Waals surface area contributed by atoms with E-state index in [1.165, 1.54) is 0 Å². The van der Waals surface area contributed by atoms with Gasteiger partial charge in [-0.05, 0) is 6.07 Å². The van der Waals surface area contributed by atoms with Crippen molar-refractivity contribution in [1.29, 1.82) is 0 Å². The van der Waals surface area contributed by atoms with Gasteiger partial charge in [0.25, 0.3) is 0 Å². The largest absolute Gasteiger partial charge is 0.491 e. The summed E-state index contributed by atoms with van der Waals surface area (Å²) >= 11 is 4.79. The summed E-state index contributed by atoms with van der Waals surface area (Å²) in [5, 5.41) is 0. The van der Waals surface area contributed by atoms with Gasteiger partial charge in [0, 0.05) is 19.4 Å². The number of methoxy groups -OCH3 is 1. The highest BCUT2D eigenvalue weighted by Gasteiger charge is 2.00. The first kappa shape index (κ1) is 10.9. The molecule has 0 spiro atoms. The van der Waals surface area contributed by atoms with Gasteiger partial charge in [-0.2, -0.15) is 0 Å². The summed E-state index contributed by atoms with van der Waals surface area (Å²) in [4.78, 5) is 4.26. The maximum atomic E-state index is 5.43. The molecule has 2 N–H and O–H groups in total. The molecular formula is C9H12N2O2S. The van der Waals surface area contributed by atoms with Crippen LogP contribution in [0.2, 0.25) is 0 Å². The first-order chi connectivity index (χ1) is 6.74. The van der Waals surface area contributed by atoms with E-state index in [0.717, 1.165) is 0 Å². The number of aromatic nitrogens is 1. The van der Waals surface area contributed by atoms with Crippen LogP contribution in [0.4, 0.5) is 0 Å². The molecule has 5 heteroatoms. The summed E-state index contributed by atoms with van der Waals surface area (Å²) in [5.74, 6) is 0.694. The number of pyridine rings is 1. The van der Waals surface area contributed by atoms with Gasteiger partial charge < -0.3 is 15.2 Å². The molecule has 0 saturated carbocycles. The molecule has 1 heterocycles. The van der Waals surface area contributed by atoms with Gasteiger partial charge in [0.15, 0.2) is 0 Å². The van der Waals surface area contributed by atoms with Crippen LogP contribution in [0.3, 0.4) is 0 Å². The lowest BCUT2D eigenvalue weighted by Gasteiger charge is -2.05. The van der Waals surface area contributed by atoms with Gasteiger partial charge in [-0.3, -0.25) is 4.98 Å². The molecule has 0 saturated heterocycles. The van der Waals surface area contributed by atoms with E-state index in [1.807, 2.05) is 0 Å². The van der Waals surface area contributed by atoms with Crippen LogP contribution in [0, 0.1) is 0 Å². The number of ether oxygens (including phenoxy) is 2. The molecule has 1 aromatic heterocycles. The molecule has 1 rings (SSSR count). The first-order valence-corrected chi connectivity index (χ1v) is 4.52. The predicted molar refractivity (Wildman–Crippen MR) is 57.5 cm³/mol. The Morgan fingerprint density at radius 3 is 3.00 bits per heavy atom. The van der Waals surface area contributed by atoms with Crippen molar-refractivity contribution in [2.75, 3.05) is 20.3 Å². The van der Waals surface area contributed by atoms with Gasteiger partial charge in [0.2, 0.25) is 0 Å². The zero-order chi connectivity index (χ0) is 10.4. The van der Waals surface area contributed by atoms with Gasteiger partial charge in [0.05, 0.1) is 6.61 Å². The van der Waals surface area contributed by atoms with Gasteiger partial charge in [0.1, 0.15) is 23.0 Å².